The van der Waals surface area contributed by atoms with Crippen molar-refractivity contribution in [1.82, 2.24) is 18.7 Å². The van der Waals surface area contributed by atoms with Gasteiger partial charge in [0.25, 0.3) is 5.56 Å². The van der Waals surface area contributed by atoms with Crippen molar-refractivity contribution < 1.29 is 4.79 Å². The van der Waals surface area contributed by atoms with E-state index < -0.39 is 0 Å². The largest absolute Gasteiger partial charge is 0.332 e. The second kappa shape index (κ2) is 4.01. The molecule has 0 amide bonds. The van der Waals surface area contributed by atoms with Crippen molar-refractivity contribution in [3.63, 3.8) is 0 Å². The van der Waals surface area contributed by atoms with Gasteiger partial charge in [0.2, 0.25) is 0 Å². The Bertz CT molecular complexity index is 972. The fourth-order valence-electron chi connectivity index (χ4n) is 4.57. The standard InChI is InChI=1S/C16H20N4O3/c1-9(21)16-5-15(6-16,7-16)8-20-13(22)11-12(19(4)14(20)23)17-10(2)18(11)3/h5-8H2,1-4H3. The fraction of sp³-hybridized carbons (Fsp3) is 0.625. The Kier molecular flexibility index (Phi) is 2.52. The van der Waals surface area contributed by atoms with Crippen LogP contribution in [0.25, 0.3) is 11.2 Å². The topological polar surface area (TPSA) is 78.9 Å². The first kappa shape index (κ1) is 14.4. The van der Waals surface area contributed by atoms with E-state index in [0.717, 1.165) is 19.3 Å². The Balaban J connectivity index is 1.81. The van der Waals surface area contributed by atoms with Gasteiger partial charge in [-0.05, 0) is 38.5 Å². The lowest BCUT2D eigenvalue weighted by Gasteiger charge is -2.69. The van der Waals surface area contributed by atoms with E-state index in [4.69, 9.17) is 0 Å². The van der Waals surface area contributed by atoms with E-state index in [-0.39, 0.29) is 27.9 Å². The number of hydrogen-bond donors (Lipinski definition) is 0. The molecule has 0 aromatic carbocycles. The van der Waals surface area contributed by atoms with Gasteiger partial charge in [0.15, 0.2) is 11.2 Å². The molecule has 23 heavy (non-hydrogen) atoms. The maximum absolute atomic E-state index is 12.8. The van der Waals surface area contributed by atoms with E-state index >= 15 is 0 Å². The predicted molar refractivity (Wildman–Crippen MR) is 84.4 cm³/mol. The normalized spacial score (nSPS) is 28.5. The quantitative estimate of drug-likeness (QED) is 0.826. The SMILES string of the molecule is CC(=O)C12CC(Cn3c(=O)c4c(nc(C)n4C)n(C)c3=O)(C1)C2. The maximum atomic E-state index is 12.8. The van der Waals surface area contributed by atoms with Crippen LogP contribution in [-0.2, 0) is 25.4 Å². The zero-order valence-electron chi connectivity index (χ0n) is 13.8. The summed E-state index contributed by atoms with van der Waals surface area (Å²) in [6.45, 7) is 3.85. The Morgan fingerprint density at radius 3 is 2.35 bits per heavy atom. The molecule has 0 saturated heterocycles. The molecule has 2 aromatic heterocycles. The average molecular weight is 316 g/mol. The van der Waals surface area contributed by atoms with E-state index in [2.05, 4.69) is 4.98 Å². The summed E-state index contributed by atoms with van der Waals surface area (Å²) < 4.78 is 4.50. The number of ketones is 1. The summed E-state index contributed by atoms with van der Waals surface area (Å²) in [6, 6.07) is 0. The van der Waals surface area contributed by atoms with Gasteiger partial charge in [-0.25, -0.2) is 9.78 Å². The predicted octanol–water partition coefficient (Wildman–Crippen LogP) is 0.501. The molecular weight excluding hydrogens is 296 g/mol. The van der Waals surface area contributed by atoms with Crippen LogP contribution in [0.3, 0.4) is 0 Å². The molecule has 2 heterocycles. The monoisotopic (exact) mass is 316 g/mol. The van der Waals surface area contributed by atoms with Crippen LogP contribution in [0, 0.1) is 17.8 Å². The second-order valence-corrected chi connectivity index (χ2v) is 7.49. The number of aryl methyl sites for hydroxylation is 3. The number of fused-ring (bicyclic) bond motifs is 1. The molecule has 3 aliphatic carbocycles. The summed E-state index contributed by atoms with van der Waals surface area (Å²) in [6.07, 6.45) is 2.40. The zero-order chi connectivity index (χ0) is 16.7. The molecule has 0 N–H and O–H groups in total. The number of hydrogen-bond acceptors (Lipinski definition) is 4. The van der Waals surface area contributed by atoms with Crippen LogP contribution >= 0.6 is 0 Å². The molecule has 0 aliphatic heterocycles. The minimum absolute atomic E-state index is 0.0526. The molecule has 2 bridgehead atoms. The molecule has 7 nitrogen and oxygen atoms in total. The highest BCUT2D eigenvalue weighted by Gasteiger charge is 2.70. The van der Waals surface area contributed by atoms with Gasteiger partial charge in [0.1, 0.15) is 11.6 Å². The lowest BCUT2D eigenvalue weighted by Crippen LogP contribution is -2.67. The van der Waals surface area contributed by atoms with Crippen molar-refractivity contribution in [3.05, 3.63) is 26.7 Å². The van der Waals surface area contributed by atoms with Crippen LogP contribution in [0.1, 0.15) is 32.0 Å². The molecule has 0 unspecified atom stereocenters. The molecule has 7 heteroatoms. The van der Waals surface area contributed by atoms with E-state index in [1.165, 1.54) is 9.13 Å². The number of carbonyl (C=O) groups is 1. The molecule has 3 fully saturated rings. The molecule has 3 aliphatic rings. The van der Waals surface area contributed by atoms with Gasteiger partial charge >= 0.3 is 5.69 Å². The van der Waals surface area contributed by atoms with Crippen LogP contribution in [0.4, 0.5) is 0 Å². The van der Waals surface area contributed by atoms with Gasteiger partial charge in [-0.15, -0.1) is 0 Å². The van der Waals surface area contributed by atoms with Crippen LogP contribution in [0.15, 0.2) is 9.59 Å². The number of rotatable bonds is 3. The van der Waals surface area contributed by atoms with Gasteiger partial charge in [0.05, 0.1) is 0 Å². The van der Waals surface area contributed by atoms with E-state index in [1.807, 2.05) is 6.92 Å². The lowest BCUT2D eigenvalue weighted by molar-refractivity contribution is -0.209. The van der Waals surface area contributed by atoms with Crippen molar-refractivity contribution in [2.75, 3.05) is 0 Å². The summed E-state index contributed by atoms with van der Waals surface area (Å²) in [4.78, 5) is 41.4. The van der Waals surface area contributed by atoms with Crippen LogP contribution < -0.4 is 11.2 Å². The lowest BCUT2D eigenvalue weighted by atomic mass is 9.34. The smallest absolute Gasteiger partial charge is 0.325 e. The molecule has 122 valence electrons. The Labute approximate surface area is 132 Å². The van der Waals surface area contributed by atoms with Crippen LogP contribution in [0.5, 0.6) is 0 Å². The number of Topliss-reactive ketones (excluding diaryl/α,β-unsaturated/α-hetero) is 1. The van der Waals surface area contributed by atoms with Crippen molar-refractivity contribution in [3.8, 4) is 0 Å². The number of imidazole rings is 1. The Hall–Kier alpha value is -2.18. The molecule has 0 spiro atoms. The Morgan fingerprint density at radius 2 is 1.78 bits per heavy atom. The third-order valence-corrected chi connectivity index (χ3v) is 5.96. The van der Waals surface area contributed by atoms with Gasteiger partial charge in [-0.3, -0.25) is 18.7 Å². The average Bonchev–Trinajstić information content (AvgIpc) is 2.69. The molecular formula is C16H20N4O3. The first-order valence-corrected chi connectivity index (χ1v) is 7.84. The van der Waals surface area contributed by atoms with Crippen LogP contribution in [0.2, 0.25) is 0 Å². The summed E-state index contributed by atoms with van der Waals surface area (Å²) >= 11 is 0. The third kappa shape index (κ3) is 1.59. The van der Waals surface area contributed by atoms with E-state index in [9.17, 15) is 14.4 Å². The molecule has 2 aromatic rings. The van der Waals surface area contributed by atoms with Gasteiger partial charge in [0, 0.05) is 26.1 Å². The summed E-state index contributed by atoms with van der Waals surface area (Å²) in [7, 11) is 3.43. The van der Waals surface area contributed by atoms with E-state index in [1.54, 1.807) is 25.6 Å². The highest BCUT2D eigenvalue weighted by atomic mass is 16.2. The van der Waals surface area contributed by atoms with Crippen molar-refractivity contribution >= 4 is 16.9 Å². The van der Waals surface area contributed by atoms with Crippen molar-refractivity contribution in [2.24, 2.45) is 24.9 Å². The van der Waals surface area contributed by atoms with Gasteiger partial charge in [-0.1, -0.05) is 0 Å². The molecule has 0 atom stereocenters. The highest BCUT2D eigenvalue weighted by molar-refractivity contribution is 5.86. The van der Waals surface area contributed by atoms with E-state index in [0.29, 0.717) is 23.5 Å². The summed E-state index contributed by atoms with van der Waals surface area (Å²) in [5.41, 5.74) is 0.0481. The molecule has 0 radical (unpaired) electrons. The number of aromatic nitrogens is 4. The molecule has 3 saturated carbocycles. The van der Waals surface area contributed by atoms with Crippen molar-refractivity contribution in [1.29, 1.82) is 0 Å². The number of nitrogens with zero attached hydrogens (tertiary/aromatic N) is 4. The zero-order valence-corrected chi connectivity index (χ0v) is 13.8. The second-order valence-electron chi connectivity index (χ2n) is 7.49. The van der Waals surface area contributed by atoms with Crippen LogP contribution in [-0.4, -0.2) is 24.5 Å². The summed E-state index contributed by atoms with van der Waals surface area (Å²) in [5.74, 6) is 0.934. The Morgan fingerprint density at radius 1 is 1.17 bits per heavy atom. The fourth-order valence-corrected chi connectivity index (χ4v) is 4.57. The van der Waals surface area contributed by atoms with Gasteiger partial charge in [-0.2, -0.15) is 0 Å². The maximum Gasteiger partial charge on any atom is 0.332 e. The summed E-state index contributed by atoms with van der Waals surface area (Å²) in [5, 5.41) is 0. The van der Waals surface area contributed by atoms with Gasteiger partial charge < -0.3 is 4.57 Å². The highest BCUT2D eigenvalue weighted by Crippen LogP contribution is 2.74. The number of carbonyl (C=O) groups excluding carboxylic acids is 1. The minimum atomic E-state index is -0.331. The minimum Gasteiger partial charge on any atom is -0.325 e. The first-order chi connectivity index (χ1) is 10.7. The first-order valence-electron chi connectivity index (χ1n) is 7.84. The van der Waals surface area contributed by atoms with Crippen molar-refractivity contribution in [2.45, 2.75) is 39.7 Å². The molecule has 5 rings (SSSR count). The third-order valence-electron chi connectivity index (χ3n) is 5.96.